The van der Waals surface area contributed by atoms with Crippen LogP contribution in [0.2, 0.25) is 0 Å². The van der Waals surface area contributed by atoms with Crippen LogP contribution in [-0.4, -0.2) is 12.4 Å². The van der Waals surface area contributed by atoms with Crippen LogP contribution < -0.4 is 5.32 Å². The summed E-state index contributed by atoms with van der Waals surface area (Å²) < 4.78 is 0. The number of benzene rings is 2. The fraction of sp³-hybridized carbons (Fsp3) is 0.250. The third kappa shape index (κ3) is 3.86. The molecule has 0 bridgehead atoms. The maximum Gasteiger partial charge on any atom is 0.0457 e. The van der Waals surface area contributed by atoms with Crippen molar-refractivity contribution in [1.82, 2.24) is 5.32 Å². The number of hydrogen-bond donors (Lipinski definition) is 1. The molecule has 0 saturated heterocycles. The van der Waals surface area contributed by atoms with E-state index < -0.39 is 0 Å². The Labute approximate surface area is 114 Å². The topological polar surface area (TPSA) is 12.0 Å². The van der Waals surface area contributed by atoms with Crippen molar-refractivity contribution < 1.29 is 0 Å². The molecule has 0 radical (unpaired) electrons. The third-order valence-electron chi connectivity index (χ3n) is 3.00. The van der Waals surface area contributed by atoms with Gasteiger partial charge in [-0.15, -0.1) is 11.6 Å². The van der Waals surface area contributed by atoms with Crippen LogP contribution in [-0.2, 0) is 6.42 Å². The van der Waals surface area contributed by atoms with Crippen molar-refractivity contribution in [2.75, 3.05) is 12.4 Å². The molecule has 0 aliphatic carbocycles. The zero-order valence-electron chi connectivity index (χ0n) is 10.4. The molecule has 1 nitrogen and oxygen atoms in total. The van der Waals surface area contributed by atoms with Crippen LogP contribution >= 0.6 is 11.6 Å². The van der Waals surface area contributed by atoms with Gasteiger partial charge in [0.1, 0.15) is 0 Å². The monoisotopic (exact) mass is 259 g/mol. The van der Waals surface area contributed by atoms with Gasteiger partial charge in [0.05, 0.1) is 0 Å². The Hall–Kier alpha value is -1.31. The molecule has 0 amide bonds. The highest BCUT2D eigenvalue weighted by molar-refractivity contribution is 6.18. The molecule has 2 aromatic carbocycles. The minimum Gasteiger partial charge on any atom is -0.309 e. The van der Waals surface area contributed by atoms with E-state index in [-0.39, 0.29) is 6.04 Å². The molecule has 1 N–H and O–H groups in total. The molecular formula is C16H18ClN. The molecule has 2 aromatic rings. The summed E-state index contributed by atoms with van der Waals surface area (Å²) in [5, 5.41) is 3.50. The van der Waals surface area contributed by atoms with Crippen LogP contribution in [0.5, 0.6) is 0 Å². The maximum absolute atomic E-state index is 6.02. The quantitative estimate of drug-likeness (QED) is 0.778. The van der Waals surface area contributed by atoms with Crippen LogP contribution in [0.3, 0.4) is 0 Å². The van der Waals surface area contributed by atoms with E-state index in [0.717, 1.165) is 13.0 Å². The van der Waals surface area contributed by atoms with Gasteiger partial charge in [0.15, 0.2) is 0 Å². The van der Waals surface area contributed by atoms with Gasteiger partial charge in [-0.25, -0.2) is 0 Å². The minimum absolute atomic E-state index is 0.233. The number of rotatable bonds is 6. The lowest BCUT2D eigenvalue weighted by Gasteiger charge is -2.16. The fourth-order valence-electron chi connectivity index (χ4n) is 1.98. The molecule has 1 atom stereocenters. The van der Waals surface area contributed by atoms with Gasteiger partial charge >= 0.3 is 0 Å². The molecule has 0 aliphatic rings. The van der Waals surface area contributed by atoms with Crippen molar-refractivity contribution in [3.05, 3.63) is 71.8 Å². The van der Waals surface area contributed by atoms with Crippen LogP contribution in [0.15, 0.2) is 60.7 Å². The molecule has 0 aliphatic heterocycles. The van der Waals surface area contributed by atoms with Crippen LogP contribution in [0, 0.1) is 0 Å². The lowest BCUT2D eigenvalue weighted by molar-refractivity contribution is 0.581. The van der Waals surface area contributed by atoms with Crippen molar-refractivity contribution in [2.24, 2.45) is 0 Å². The van der Waals surface area contributed by atoms with Crippen molar-refractivity contribution in [3.8, 4) is 0 Å². The highest BCUT2D eigenvalue weighted by atomic mass is 35.5. The van der Waals surface area contributed by atoms with Crippen LogP contribution in [0.1, 0.15) is 17.2 Å². The number of nitrogens with one attached hydrogen (secondary N) is 1. The summed E-state index contributed by atoms with van der Waals surface area (Å²) in [4.78, 5) is 0. The summed E-state index contributed by atoms with van der Waals surface area (Å²) in [5.41, 5.74) is 2.60. The Bertz CT molecular complexity index is 441. The van der Waals surface area contributed by atoms with Crippen molar-refractivity contribution >= 4 is 11.6 Å². The number of halogens is 1. The smallest absolute Gasteiger partial charge is 0.0457 e. The fourth-order valence-corrected chi connectivity index (χ4v) is 2.27. The Morgan fingerprint density at radius 1 is 0.889 bits per heavy atom. The van der Waals surface area contributed by atoms with E-state index in [1.807, 2.05) is 24.3 Å². The lowest BCUT2D eigenvalue weighted by atomic mass is 10.1. The summed E-state index contributed by atoms with van der Waals surface area (Å²) in [6, 6.07) is 21.1. The maximum atomic E-state index is 6.02. The zero-order chi connectivity index (χ0) is 12.6. The zero-order valence-corrected chi connectivity index (χ0v) is 11.1. The SMILES string of the molecule is ClCC(NCCc1ccccc1)c1ccccc1. The average Bonchev–Trinajstić information content (AvgIpc) is 2.46. The second-order valence-electron chi connectivity index (χ2n) is 4.31. The average molecular weight is 260 g/mol. The van der Waals surface area contributed by atoms with Crippen molar-refractivity contribution in [3.63, 3.8) is 0 Å². The Kier molecular flexibility index (Phi) is 5.25. The largest absolute Gasteiger partial charge is 0.309 e. The van der Waals surface area contributed by atoms with E-state index in [0.29, 0.717) is 5.88 Å². The van der Waals surface area contributed by atoms with Gasteiger partial charge in [-0.3, -0.25) is 0 Å². The molecular weight excluding hydrogens is 242 g/mol. The normalized spacial score (nSPS) is 12.3. The highest BCUT2D eigenvalue weighted by Crippen LogP contribution is 2.13. The standard InChI is InChI=1S/C16H18ClN/c17-13-16(15-9-5-2-6-10-15)18-12-11-14-7-3-1-4-8-14/h1-10,16,18H,11-13H2. The third-order valence-corrected chi connectivity index (χ3v) is 3.31. The van der Waals surface area contributed by atoms with Gasteiger partial charge in [0.25, 0.3) is 0 Å². The predicted molar refractivity (Wildman–Crippen MR) is 78.1 cm³/mol. The van der Waals surface area contributed by atoms with Crippen molar-refractivity contribution in [1.29, 1.82) is 0 Å². The Morgan fingerprint density at radius 2 is 1.50 bits per heavy atom. The van der Waals surface area contributed by atoms with E-state index in [1.165, 1.54) is 11.1 Å². The first-order valence-corrected chi connectivity index (χ1v) is 6.82. The van der Waals surface area contributed by atoms with Gasteiger partial charge in [-0.1, -0.05) is 60.7 Å². The van der Waals surface area contributed by atoms with Crippen LogP contribution in [0.4, 0.5) is 0 Å². The highest BCUT2D eigenvalue weighted by Gasteiger charge is 2.08. The molecule has 94 valence electrons. The Morgan fingerprint density at radius 3 is 2.11 bits per heavy atom. The second kappa shape index (κ2) is 7.20. The first-order chi connectivity index (χ1) is 8.90. The molecule has 1 unspecified atom stereocenters. The summed E-state index contributed by atoms with van der Waals surface area (Å²) in [6.07, 6.45) is 1.03. The number of hydrogen-bond acceptors (Lipinski definition) is 1. The molecule has 2 rings (SSSR count). The molecule has 18 heavy (non-hydrogen) atoms. The minimum atomic E-state index is 0.233. The molecule has 0 heterocycles. The first kappa shape index (κ1) is 13.1. The van der Waals surface area contributed by atoms with E-state index in [1.54, 1.807) is 0 Å². The van der Waals surface area contributed by atoms with E-state index in [4.69, 9.17) is 11.6 Å². The summed E-state index contributed by atoms with van der Waals surface area (Å²) >= 11 is 6.02. The summed E-state index contributed by atoms with van der Waals surface area (Å²) in [5.74, 6) is 0.596. The predicted octanol–water partition coefficient (Wildman–Crippen LogP) is 3.80. The number of alkyl halides is 1. The summed E-state index contributed by atoms with van der Waals surface area (Å²) in [6.45, 7) is 0.941. The molecule has 0 aromatic heterocycles. The molecule has 2 heteroatoms. The lowest BCUT2D eigenvalue weighted by Crippen LogP contribution is -2.24. The first-order valence-electron chi connectivity index (χ1n) is 6.28. The van der Waals surface area contributed by atoms with E-state index >= 15 is 0 Å². The Balaban J connectivity index is 1.85. The molecule has 0 fully saturated rings. The van der Waals surface area contributed by atoms with E-state index in [2.05, 4.69) is 41.7 Å². The molecule has 0 saturated carbocycles. The van der Waals surface area contributed by atoms with Crippen LogP contribution in [0.25, 0.3) is 0 Å². The van der Waals surface area contributed by atoms with Crippen molar-refractivity contribution in [2.45, 2.75) is 12.5 Å². The second-order valence-corrected chi connectivity index (χ2v) is 4.62. The van der Waals surface area contributed by atoms with Gasteiger partial charge in [0.2, 0.25) is 0 Å². The molecule has 0 spiro atoms. The van der Waals surface area contributed by atoms with Gasteiger partial charge in [-0.05, 0) is 24.1 Å². The van der Waals surface area contributed by atoms with Gasteiger partial charge in [0, 0.05) is 11.9 Å². The van der Waals surface area contributed by atoms with Gasteiger partial charge in [-0.2, -0.15) is 0 Å². The van der Waals surface area contributed by atoms with E-state index in [9.17, 15) is 0 Å². The summed E-state index contributed by atoms with van der Waals surface area (Å²) in [7, 11) is 0. The van der Waals surface area contributed by atoms with Gasteiger partial charge < -0.3 is 5.32 Å².